The van der Waals surface area contributed by atoms with E-state index in [1.807, 2.05) is 0 Å². The molecule has 0 bridgehead atoms. The zero-order chi connectivity index (χ0) is 16.4. The van der Waals surface area contributed by atoms with Gasteiger partial charge in [0.15, 0.2) is 0 Å². The first kappa shape index (κ1) is 17.6. The lowest BCUT2D eigenvalue weighted by molar-refractivity contribution is -0.391. The second kappa shape index (κ2) is 6.80. The third-order valence-electron chi connectivity index (χ3n) is 4.50. The third-order valence-corrected chi connectivity index (χ3v) is 4.50. The van der Waals surface area contributed by atoms with Gasteiger partial charge in [-0.2, -0.15) is 0 Å². The fourth-order valence-electron chi connectivity index (χ4n) is 3.33. The maximum atomic E-state index is 11.3. The lowest BCUT2D eigenvalue weighted by Gasteiger charge is -2.54. The topological polar surface area (TPSA) is 105 Å². The summed E-state index contributed by atoms with van der Waals surface area (Å²) >= 11 is 0. The van der Waals surface area contributed by atoms with Crippen LogP contribution in [-0.2, 0) is 19.0 Å². The molecule has 7 heteroatoms. The zero-order valence-electron chi connectivity index (χ0n) is 13.2. The maximum Gasteiger partial charge on any atom is 0.302 e. The number of hydrogen-bond acceptors (Lipinski definition) is 7. The van der Waals surface area contributed by atoms with Crippen molar-refractivity contribution in [3.8, 4) is 0 Å². The second-order valence-electron chi connectivity index (χ2n) is 6.41. The number of hydrogen-bond donors (Lipinski definition) is 3. The molecule has 2 saturated heterocycles. The summed E-state index contributed by atoms with van der Waals surface area (Å²) < 4.78 is 17.2. The van der Waals surface area contributed by atoms with Crippen molar-refractivity contribution in [2.45, 2.75) is 75.7 Å². The van der Waals surface area contributed by atoms with Gasteiger partial charge in [-0.1, -0.05) is 0 Å². The van der Waals surface area contributed by atoms with Gasteiger partial charge in [0.2, 0.25) is 5.79 Å². The third kappa shape index (κ3) is 3.60. The molecule has 0 aromatic heterocycles. The van der Waals surface area contributed by atoms with Crippen molar-refractivity contribution in [1.82, 2.24) is 0 Å². The molecule has 2 heterocycles. The smallest absolute Gasteiger partial charge is 0.302 e. The van der Waals surface area contributed by atoms with Crippen LogP contribution in [0, 0.1) is 0 Å². The average Bonchev–Trinajstić information content (AvgIpc) is 2.41. The molecule has 2 fully saturated rings. The van der Waals surface area contributed by atoms with E-state index in [9.17, 15) is 20.1 Å². The highest BCUT2D eigenvalue weighted by Crippen LogP contribution is 2.46. The van der Waals surface area contributed by atoms with Crippen LogP contribution >= 0.6 is 0 Å². The Morgan fingerprint density at radius 1 is 1.32 bits per heavy atom. The Balaban J connectivity index is 2.24. The summed E-state index contributed by atoms with van der Waals surface area (Å²) in [5.41, 5.74) is -1.26. The summed E-state index contributed by atoms with van der Waals surface area (Å²) in [5.74, 6) is -1.74. The molecule has 2 aliphatic heterocycles. The molecule has 5 atom stereocenters. The van der Waals surface area contributed by atoms with E-state index in [2.05, 4.69) is 0 Å². The van der Waals surface area contributed by atoms with Gasteiger partial charge in [-0.3, -0.25) is 4.79 Å². The van der Waals surface area contributed by atoms with Crippen molar-refractivity contribution in [3.05, 3.63) is 0 Å². The summed E-state index contributed by atoms with van der Waals surface area (Å²) in [7, 11) is 0. The SMILES string of the molecule is CC(=O)O[C@H]1C[C@H](CCO)O[C@]2(C1)O[C@@H](CO)CC[C@]2(C)O. The highest BCUT2D eigenvalue weighted by atomic mass is 16.7. The van der Waals surface area contributed by atoms with Crippen LogP contribution in [0.5, 0.6) is 0 Å². The van der Waals surface area contributed by atoms with Crippen molar-refractivity contribution in [2.75, 3.05) is 13.2 Å². The number of aliphatic hydroxyl groups is 3. The van der Waals surface area contributed by atoms with Gasteiger partial charge < -0.3 is 29.5 Å². The summed E-state index contributed by atoms with van der Waals surface area (Å²) in [5, 5.41) is 29.3. The minimum Gasteiger partial charge on any atom is -0.462 e. The Morgan fingerprint density at radius 3 is 2.59 bits per heavy atom. The molecule has 0 unspecified atom stereocenters. The summed E-state index contributed by atoms with van der Waals surface area (Å²) in [6.45, 7) is 2.73. The predicted octanol–water partition coefficient (Wildman–Crippen LogP) is 0.0981. The van der Waals surface area contributed by atoms with Crippen LogP contribution in [0.4, 0.5) is 0 Å². The van der Waals surface area contributed by atoms with Crippen LogP contribution in [0.3, 0.4) is 0 Å². The van der Waals surface area contributed by atoms with E-state index in [-0.39, 0.29) is 25.7 Å². The minimum atomic E-state index is -1.34. The van der Waals surface area contributed by atoms with Gasteiger partial charge in [-0.05, 0) is 26.2 Å². The van der Waals surface area contributed by atoms with Gasteiger partial charge in [0.25, 0.3) is 0 Å². The molecule has 0 aromatic carbocycles. The lowest BCUT2D eigenvalue weighted by Crippen LogP contribution is -2.65. The average molecular weight is 318 g/mol. The molecule has 2 aliphatic rings. The van der Waals surface area contributed by atoms with E-state index in [1.54, 1.807) is 6.92 Å². The second-order valence-corrected chi connectivity index (χ2v) is 6.41. The zero-order valence-corrected chi connectivity index (χ0v) is 13.2. The summed E-state index contributed by atoms with van der Waals surface area (Å²) in [6.07, 6.45) is 0.699. The number of carbonyl (C=O) groups is 1. The van der Waals surface area contributed by atoms with Crippen molar-refractivity contribution in [3.63, 3.8) is 0 Å². The minimum absolute atomic E-state index is 0.0703. The van der Waals surface area contributed by atoms with Crippen molar-refractivity contribution >= 4 is 5.97 Å². The molecule has 2 rings (SSSR count). The normalized spacial score (nSPS) is 42.3. The molecule has 0 amide bonds. The molecule has 1 spiro atoms. The molecule has 7 nitrogen and oxygen atoms in total. The molecule has 22 heavy (non-hydrogen) atoms. The molecule has 0 aliphatic carbocycles. The van der Waals surface area contributed by atoms with Crippen LogP contribution < -0.4 is 0 Å². The number of rotatable bonds is 4. The predicted molar refractivity (Wildman–Crippen MR) is 75.9 cm³/mol. The van der Waals surface area contributed by atoms with Crippen LogP contribution in [0.25, 0.3) is 0 Å². The first-order valence-electron chi connectivity index (χ1n) is 7.79. The molecule has 0 aromatic rings. The molecule has 128 valence electrons. The van der Waals surface area contributed by atoms with E-state index in [0.717, 1.165) is 0 Å². The maximum absolute atomic E-state index is 11.3. The molecular formula is C15H26O7. The Labute approximate surface area is 130 Å². The van der Waals surface area contributed by atoms with Gasteiger partial charge in [0, 0.05) is 26.4 Å². The van der Waals surface area contributed by atoms with Crippen LogP contribution in [0.15, 0.2) is 0 Å². The van der Waals surface area contributed by atoms with Crippen LogP contribution in [-0.4, -0.2) is 64.2 Å². The first-order valence-corrected chi connectivity index (χ1v) is 7.79. The molecule has 3 N–H and O–H groups in total. The fourth-order valence-corrected chi connectivity index (χ4v) is 3.33. The van der Waals surface area contributed by atoms with E-state index < -0.39 is 29.6 Å². The van der Waals surface area contributed by atoms with Crippen molar-refractivity contribution in [2.24, 2.45) is 0 Å². The van der Waals surface area contributed by atoms with E-state index in [1.165, 1.54) is 6.92 Å². The Hall–Kier alpha value is -0.730. The van der Waals surface area contributed by atoms with Gasteiger partial charge >= 0.3 is 5.97 Å². The lowest BCUT2D eigenvalue weighted by atomic mass is 9.79. The van der Waals surface area contributed by atoms with E-state index in [4.69, 9.17) is 14.2 Å². The van der Waals surface area contributed by atoms with Gasteiger partial charge in [0.05, 0.1) is 18.8 Å². The van der Waals surface area contributed by atoms with Gasteiger partial charge in [-0.15, -0.1) is 0 Å². The highest BCUT2D eigenvalue weighted by Gasteiger charge is 2.58. The van der Waals surface area contributed by atoms with Crippen molar-refractivity contribution in [1.29, 1.82) is 0 Å². The van der Waals surface area contributed by atoms with Gasteiger partial charge in [0.1, 0.15) is 11.7 Å². The summed E-state index contributed by atoms with van der Waals surface area (Å²) in [4.78, 5) is 11.3. The first-order chi connectivity index (χ1) is 10.3. The van der Waals surface area contributed by atoms with E-state index >= 15 is 0 Å². The van der Waals surface area contributed by atoms with E-state index in [0.29, 0.717) is 25.7 Å². The standard InChI is InChI=1S/C15H26O7/c1-10(18)20-13-7-11(4-6-16)21-15(8-13)14(2,19)5-3-12(9-17)22-15/h11-13,16-17,19H,3-9H2,1-2H3/t11-,12+,13-,14-,15+/m0/s1. The number of aliphatic hydroxyl groups excluding tert-OH is 2. The number of carbonyl (C=O) groups excluding carboxylic acids is 1. The Bertz CT molecular complexity index is 397. The van der Waals surface area contributed by atoms with Gasteiger partial charge in [-0.25, -0.2) is 0 Å². The monoisotopic (exact) mass is 318 g/mol. The molecule has 0 saturated carbocycles. The Morgan fingerprint density at radius 2 is 2.00 bits per heavy atom. The highest BCUT2D eigenvalue weighted by molar-refractivity contribution is 5.66. The quantitative estimate of drug-likeness (QED) is 0.631. The fraction of sp³-hybridized carbons (Fsp3) is 0.933. The van der Waals surface area contributed by atoms with Crippen molar-refractivity contribution < 1.29 is 34.3 Å². The summed E-state index contributed by atoms with van der Waals surface area (Å²) in [6, 6.07) is 0. The largest absolute Gasteiger partial charge is 0.462 e. The Kier molecular flexibility index (Phi) is 5.45. The number of esters is 1. The van der Waals surface area contributed by atoms with Crippen LogP contribution in [0.1, 0.15) is 46.0 Å². The molecule has 0 radical (unpaired) electrons. The number of ether oxygens (including phenoxy) is 3. The van der Waals surface area contributed by atoms with Crippen LogP contribution in [0.2, 0.25) is 0 Å². The molecular weight excluding hydrogens is 292 g/mol.